The summed E-state index contributed by atoms with van der Waals surface area (Å²) < 4.78 is 85.5. The third-order valence-electron chi connectivity index (χ3n) is 6.79. The van der Waals surface area contributed by atoms with Gasteiger partial charge in [0, 0.05) is 48.2 Å². The number of fused-ring (bicyclic) bond motifs is 1. The zero-order valence-corrected chi connectivity index (χ0v) is 21.9. The van der Waals surface area contributed by atoms with Crippen molar-refractivity contribution >= 4 is 28.6 Å². The van der Waals surface area contributed by atoms with Gasteiger partial charge < -0.3 is 14.6 Å². The summed E-state index contributed by atoms with van der Waals surface area (Å²) >= 11 is 0. The number of nitrogens with zero attached hydrogens (tertiary/aromatic N) is 1. The van der Waals surface area contributed by atoms with Crippen molar-refractivity contribution in [2.75, 3.05) is 19.7 Å². The van der Waals surface area contributed by atoms with Crippen molar-refractivity contribution in [1.82, 2.24) is 15.2 Å². The van der Waals surface area contributed by atoms with Crippen molar-refractivity contribution < 1.29 is 45.5 Å². The number of para-hydroxylation sites is 1. The standard InChI is InChI=1S/C28H27F6N3O4/c1-2-41-23(38)8-5-9-37-15-20(12-17-14-35-22-7-4-3-6-21(17)22)36-24(26(37)40)25(39)16-10-18(27(29,30)31)13-19(11-16)28(32,33)34/h3-4,6-7,10-11,13-14,20,24,35-36H,2,5,8-9,12,15H2,1H3. The molecule has 13 heteroatoms. The van der Waals surface area contributed by atoms with Gasteiger partial charge in [-0.25, -0.2) is 0 Å². The largest absolute Gasteiger partial charge is 0.466 e. The number of H-pyrrole nitrogens is 1. The molecule has 0 radical (unpaired) electrons. The van der Waals surface area contributed by atoms with E-state index in [-0.39, 0.29) is 38.6 Å². The van der Waals surface area contributed by atoms with Crippen LogP contribution in [-0.2, 0) is 33.1 Å². The van der Waals surface area contributed by atoms with E-state index in [2.05, 4.69) is 10.3 Å². The Balaban J connectivity index is 1.65. The van der Waals surface area contributed by atoms with Crippen LogP contribution in [0.3, 0.4) is 0 Å². The summed E-state index contributed by atoms with van der Waals surface area (Å²) in [4.78, 5) is 42.9. The number of esters is 1. The molecule has 2 aromatic carbocycles. The lowest BCUT2D eigenvalue weighted by Gasteiger charge is -2.38. The van der Waals surface area contributed by atoms with Gasteiger partial charge in [-0.2, -0.15) is 26.3 Å². The second kappa shape index (κ2) is 11.9. The molecule has 2 N–H and O–H groups in total. The number of carbonyl (C=O) groups is 3. The number of ether oxygens (including phenoxy) is 1. The minimum absolute atomic E-state index is 0.0145. The number of halogens is 6. The Hall–Kier alpha value is -3.87. The number of benzene rings is 2. The third-order valence-corrected chi connectivity index (χ3v) is 6.79. The summed E-state index contributed by atoms with van der Waals surface area (Å²) in [7, 11) is 0. The summed E-state index contributed by atoms with van der Waals surface area (Å²) in [6.07, 6.45) is -8.08. The molecule has 3 aromatic rings. The molecule has 41 heavy (non-hydrogen) atoms. The quantitative estimate of drug-likeness (QED) is 0.158. The Morgan fingerprint density at radius 1 is 1.02 bits per heavy atom. The number of carbonyl (C=O) groups excluding carboxylic acids is 3. The van der Waals surface area contributed by atoms with Gasteiger partial charge in [-0.05, 0) is 49.6 Å². The highest BCUT2D eigenvalue weighted by Crippen LogP contribution is 2.36. The maximum Gasteiger partial charge on any atom is 0.416 e. The van der Waals surface area contributed by atoms with Crippen molar-refractivity contribution in [1.29, 1.82) is 0 Å². The normalized spacial score (nSPS) is 18.1. The molecule has 1 aliphatic rings. The minimum atomic E-state index is -5.16. The van der Waals surface area contributed by atoms with E-state index in [0.717, 1.165) is 16.5 Å². The van der Waals surface area contributed by atoms with Crippen molar-refractivity contribution in [3.63, 3.8) is 0 Å². The highest BCUT2D eigenvalue weighted by Gasteiger charge is 2.42. The predicted molar refractivity (Wildman–Crippen MR) is 136 cm³/mol. The Bertz CT molecular complexity index is 1400. The second-order valence-electron chi connectivity index (χ2n) is 9.71. The van der Waals surface area contributed by atoms with E-state index in [0.29, 0.717) is 18.6 Å². The van der Waals surface area contributed by atoms with E-state index >= 15 is 0 Å². The van der Waals surface area contributed by atoms with Gasteiger partial charge in [-0.3, -0.25) is 19.7 Å². The lowest BCUT2D eigenvalue weighted by Crippen LogP contribution is -2.63. The Morgan fingerprint density at radius 2 is 1.68 bits per heavy atom. The molecular formula is C28H27F6N3O4. The molecule has 1 amide bonds. The second-order valence-corrected chi connectivity index (χ2v) is 9.71. The van der Waals surface area contributed by atoms with Crippen LogP contribution in [0.25, 0.3) is 10.9 Å². The number of piperazine rings is 1. The van der Waals surface area contributed by atoms with Gasteiger partial charge in [0.05, 0.1) is 17.7 Å². The van der Waals surface area contributed by atoms with E-state index in [1.54, 1.807) is 13.1 Å². The van der Waals surface area contributed by atoms with E-state index < -0.39 is 58.8 Å². The van der Waals surface area contributed by atoms with E-state index in [9.17, 15) is 40.7 Å². The highest BCUT2D eigenvalue weighted by atomic mass is 19.4. The number of hydrogen-bond acceptors (Lipinski definition) is 5. The van der Waals surface area contributed by atoms with Crippen molar-refractivity contribution in [3.8, 4) is 0 Å². The smallest absolute Gasteiger partial charge is 0.416 e. The van der Waals surface area contributed by atoms with Gasteiger partial charge in [0.2, 0.25) is 5.91 Å². The Morgan fingerprint density at radius 3 is 2.32 bits per heavy atom. The van der Waals surface area contributed by atoms with E-state index in [1.165, 1.54) is 4.90 Å². The fourth-order valence-electron chi connectivity index (χ4n) is 4.89. The van der Waals surface area contributed by atoms with Crippen LogP contribution in [0.1, 0.15) is 46.8 Å². The molecular weight excluding hydrogens is 556 g/mol. The summed E-state index contributed by atoms with van der Waals surface area (Å²) in [5, 5.41) is 3.75. The van der Waals surface area contributed by atoms with Gasteiger partial charge in [0.25, 0.3) is 0 Å². The topological polar surface area (TPSA) is 91.5 Å². The lowest BCUT2D eigenvalue weighted by molar-refractivity contribution is -0.144. The summed E-state index contributed by atoms with van der Waals surface area (Å²) in [5.74, 6) is -2.51. The van der Waals surface area contributed by atoms with Crippen LogP contribution in [0, 0.1) is 0 Å². The number of rotatable bonds is 9. The van der Waals surface area contributed by atoms with Crippen molar-refractivity contribution in [2.24, 2.45) is 0 Å². The fraction of sp³-hybridized carbons (Fsp3) is 0.393. The molecule has 0 spiro atoms. The molecule has 2 atom stereocenters. The average Bonchev–Trinajstić information content (AvgIpc) is 3.31. The van der Waals surface area contributed by atoms with Gasteiger partial charge in [-0.1, -0.05) is 18.2 Å². The van der Waals surface area contributed by atoms with Gasteiger partial charge >= 0.3 is 18.3 Å². The van der Waals surface area contributed by atoms with Crippen LogP contribution in [0.15, 0.2) is 48.7 Å². The molecule has 1 saturated heterocycles. The van der Waals surface area contributed by atoms with Crippen LogP contribution < -0.4 is 5.32 Å². The lowest BCUT2D eigenvalue weighted by atomic mass is 9.94. The number of nitrogens with one attached hydrogen (secondary N) is 2. The van der Waals surface area contributed by atoms with Crippen molar-refractivity contribution in [3.05, 3.63) is 70.9 Å². The van der Waals surface area contributed by atoms with E-state index in [4.69, 9.17) is 4.74 Å². The molecule has 2 unspecified atom stereocenters. The molecule has 4 rings (SSSR count). The summed E-state index contributed by atoms with van der Waals surface area (Å²) in [5.41, 5.74) is -2.51. The Labute approximate surface area is 230 Å². The number of aromatic amines is 1. The number of ketones is 1. The first-order valence-electron chi connectivity index (χ1n) is 12.9. The number of amides is 1. The molecule has 1 aromatic heterocycles. The number of hydrogen-bond donors (Lipinski definition) is 2. The van der Waals surface area contributed by atoms with Crippen LogP contribution >= 0.6 is 0 Å². The molecule has 0 saturated carbocycles. The van der Waals surface area contributed by atoms with E-state index in [1.807, 2.05) is 24.3 Å². The summed E-state index contributed by atoms with van der Waals surface area (Å²) in [6.45, 7) is 1.94. The first-order chi connectivity index (χ1) is 19.3. The molecule has 0 aliphatic carbocycles. The van der Waals surface area contributed by atoms with Crippen LogP contribution in [0.5, 0.6) is 0 Å². The van der Waals surface area contributed by atoms with Gasteiger partial charge in [0.1, 0.15) is 0 Å². The Kier molecular flexibility index (Phi) is 8.76. The molecule has 1 aliphatic heterocycles. The third kappa shape index (κ3) is 7.07. The molecule has 2 heterocycles. The maximum absolute atomic E-state index is 13.4. The summed E-state index contributed by atoms with van der Waals surface area (Å²) in [6, 6.07) is 5.66. The first kappa shape index (κ1) is 30.1. The number of Topliss-reactive ketones (excluding diaryl/α,β-unsaturated/α-hetero) is 1. The highest BCUT2D eigenvalue weighted by molar-refractivity contribution is 6.14. The number of alkyl halides is 6. The van der Waals surface area contributed by atoms with Gasteiger partial charge in [-0.15, -0.1) is 0 Å². The first-order valence-corrected chi connectivity index (χ1v) is 12.9. The van der Waals surface area contributed by atoms with Crippen LogP contribution in [0.4, 0.5) is 26.3 Å². The molecule has 1 fully saturated rings. The minimum Gasteiger partial charge on any atom is -0.466 e. The maximum atomic E-state index is 13.4. The zero-order valence-electron chi connectivity index (χ0n) is 21.9. The van der Waals surface area contributed by atoms with Crippen LogP contribution in [0.2, 0.25) is 0 Å². The zero-order chi connectivity index (χ0) is 29.9. The SMILES string of the molecule is CCOC(=O)CCCN1CC(Cc2c[nH]c3ccccc23)NC(C(=O)c2cc(C(F)(F)F)cc(C(F)(F)F)c2)C1=O. The molecule has 220 valence electrons. The number of aromatic nitrogens is 1. The van der Waals surface area contributed by atoms with Gasteiger partial charge in [0.15, 0.2) is 11.8 Å². The monoisotopic (exact) mass is 583 g/mol. The molecule has 0 bridgehead atoms. The molecule has 7 nitrogen and oxygen atoms in total. The predicted octanol–water partition coefficient (Wildman–Crippen LogP) is 5.14. The van der Waals surface area contributed by atoms with Crippen molar-refractivity contribution in [2.45, 2.75) is 50.6 Å². The van der Waals surface area contributed by atoms with Crippen LogP contribution in [-0.4, -0.2) is 59.3 Å². The average molecular weight is 584 g/mol. The fourth-order valence-corrected chi connectivity index (χ4v) is 4.89.